The molecule has 1 aliphatic carbocycles. The first kappa shape index (κ1) is 10.7. The van der Waals surface area contributed by atoms with Gasteiger partial charge in [-0.2, -0.15) is 5.10 Å². The normalized spacial score (nSPS) is 17.0. The van der Waals surface area contributed by atoms with Crippen molar-refractivity contribution in [2.75, 3.05) is 6.54 Å². The van der Waals surface area contributed by atoms with Gasteiger partial charge >= 0.3 is 0 Å². The Hall–Kier alpha value is -0.830. The second-order valence-electron chi connectivity index (χ2n) is 4.94. The number of rotatable bonds is 5. The predicted molar refractivity (Wildman–Crippen MR) is 61.7 cm³/mol. The first-order chi connectivity index (χ1) is 7.25. The van der Waals surface area contributed by atoms with Gasteiger partial charge in [0.2, 0.25) is 0 Å². The molecule has 1 heterocycles. The second kappa shape index (κ2) is 4.79. The van der Waals surface area contributed by atoms with Crippen LogP contribution in [-0.4, -0.2) is 16.3 Å². The topological polar surface area (TPSA) is 29.9 Å². The maximum atomic E-state index is 4.41. The number of hydrogen-bond acceptors (Lipinski definition) is 2. The predicted octanol–water partition coefficient (Wildman–Crippen LogP) is 2.35. The first-order valence-corrected chi connectivity index (χ1v) is 5.99. The molecule has 0 radical (unpaired) electrons. The zero-order valence-corrected chi connectivity index (χ0v) is 9.74. The molecule has 2 rings (SSSR count). The van der Waals surface area contributed by atoms with Gasteiger partial charge in [-0.05, 0) is 31.7 Å². The summed E-state index contributed by atoms with van der Waals surface area (Å²) >= 11 is 0. The summed E-state index contributed by atoms with van der Waals surface area (Å²) < 4.78 is 2.13. The van der Waals surface area contributed by atoms with Crippen LogP contribution in [0.15, 0.2) is 12.4 Å². The Bertz CT molecular complexity index is 300. The van der Waals surface area contributed by atoms with E-state index in [0.29, 0.717) is 12.0 Å². The Balaban J connectivity index is 1.79. The summed E-state index contributed by atoms with van der Waals surface area (Å²) in [6.45, 7) is 6.48. The number of aromatic nitrogens is 2. The Labute approximate surface area is 91.9 Å². The molecule has 0 atom stereocenters. The van der Waals surface area contributed by atoms with Gasteiger partial charge in [0.1, 0.15) is 0 Å². The minimum Gasteiger partial charge on any atom is -0.312 e. The minimum atomic E-state index is 0.684. The van der Waals surface area contributed by atoms with Crippen molar-refractivity contribution in [1.29, 1.82) is 0 Å². The van der Waals surface area contributed by atoms with Crippen LogP contribution in [0.4, 0.5) is 0 Å². The molecule has 1 aromatic rings. The van der Waals surface area contributed by atoms with Crippen molar-refractivity contribution in [3.05, 3.63) is 18.0 Å². The summed E-state index contributed by atoms with van der Waals surface area (Å²) in [5.74, 6) is 0.715. The lowest BCUT2D eigenvalue weighted by Gasteiger charge is -2.25. The van der Waals surface area contributed by atoms with E-state index in [-0.39, 0.29) is 0 Å². The maximum Gasteiger partial charge on any atom is 0.0534 e. The van der Waals surface area contributed by atoms with Crippen molar-refractivity contribution in [2.24, 2.45) is 5.92 Å². The Kier molecular flexibility index (Phi) is 3.41. The molecule has 0 aliphatic heterocycles. The largest absolute Gasteiger partial charge is 0.312 e. The molecule has 0 aromatic carbocycles. The van der Waals surface area contributed by atoms with E-state index in [4.69, 9.17) is 0 Å². The van der Waals surface area contributed by atoms with Gasteiger partial charge < -0.3 is 5.32 Å². The zero-order valence-electron chi connectivity index (χ0n) is 9.74. The van der Waals surface area contributed by atoms with Crippen LogP contribution in [0.2, 0.25) is 0 Å². The van der Waals surface area contributed by atoms with E-state index in [0.717, 1.165) is 13.1 Å². The van der Waals surface area contributed by atoms with Crippen molar-refractivity contribution < 1.29 is 0 Å². The van der Waals surface area contributed by atoms with Crippen molar-refractivity contribution >= 4 is 0 Å². The van der Waals surface area contributed by atoms with E-state index in [9.17, 15) is 0 Å². The molecule has 0 saturated heterocycles. The fourth-order valence-corrected chi connectivity index (χ4v) is 1.82. The molecule has 0 amide bonds. The van der Waals surface area contributed by atoms with Crippen LogP contribution in [0.3, 0.4) is 0 Å². The quantitative estimate of drug-likeness (QED) is 0.803. The molecule has 0 bridgehead atoms. The van der Waals surface area contributed by atoms with Crippen LogP contribution < -0.4 is 5.32 Å². The first-order valence-electron chi connectivity index (χ1n) is 5.99. The third-order valence-electron chi connectivity index (χ3n) is 2.99. The number of nitrogens with one attached hydrogen (secondary N) is 1. The highest BCUT2D eigenvalue weighted by molar-refractivity contribution is 5.04. The summed E-state index contributed by atoms with van der Waals surface area (Å²) in [6.07, 6.45) is 8.16. The van der Waals surface area contributed by atoms with Gasteiger partial charge in [-0.3, -0.25) is 4.68 Å². The van der Waals surface area contributed by atoms with E-state index in [1.165, 1.54) is 24.8 Å². The van der Waals surface area contributed by atoms with Crippen LogP contribution in [0.5, 0.6) is 0 Å². The molecule has 0 spiro atoms. The van der Waals surface area contributed by atoms with Gasteiger partial charge in [-0.1, -0.05) is 13.8 Å². The lowest BCUT2D eigenvalue weighted by atomic mass is 9.93. The standard InChI is InChI=1S/C12H21N3/c1-10(2)6-13-7-11-8-14-15(9-11)12-4-3-5-12/h8-10,12-13H,3-7H2,1-2H3. The summed E-state index contributed by atoms with van der Waals surface area (Å²) in [6, 6.07) is 0.684. The molecule has 1 aromatic heterocycles. The molecule has 84 valence electrons. The SMILES string of the molecule is CC(C)CNCc1cnn(C2CCC2)c1. The number of hydrogen-bond donors (Lipinski definition) is 1. The molecule has 1 N–H and O–H groups in total. The van der Waals surface area contributed by atoms with Crippen LogP contribution in [0.1, 0.15) is 44.7 Å². The molecule has 1 aliphatic rings. The smallest absolute Gasteiger partial charge is 0.0534 e. The highest BCUT2D eigenvalue weighted by Crippen LogP contribution is 2.30. The molecule has 1 saturated carbocycles. The van der Waals surface area contributed by atoms with Gasteiger partial charge in [-0.15, -0.1) is 0 Å². The Morgan fingerprint density at radius 2 is 2.33 bits per heavy atom. The summed E-state index contributed by atoms with van der Waals surface area (Å²) in [4.78, 5) is 0. The average Bonchev–Trinajstić information content (AvgIpc) is 2.49. The monoisotopic (exact) mass is 207 g/mol. The molecule has 15 heavy (non-hydrogen) atoms. The third-order valence-corrected chi connectivity index (χ3v) is 2.99. The van der Waals surface area contributed by atoms with Gasteiger partial charge in [-0.25, -0.2) is 0 Å². The summed E-state index contributed by atoms with van der Waals surface area (Å²) in [5.41, 5.74) is 1.31. The van der Waals surface area contributed by atoms with E-state index in [2.05, 4.69) is 35.1 Å². The second-order valence-corrected chi connectivity index (χ2v) is 4.94. The molecule has 3 heteroatoms. The number of nitrogens with zero attached hydrogens (tertiary/aromatic N) is 2. The van der Waals surface area contributed by atoms with Crippen LogP contribution in [0.25, 0.3) is 0 Å². The van der Waals surface area contributed by atoms with Crippen LogP contribution in [0, 0.1) is 5.92 Å². The van der Waals surface area contributed by atoms with Gasteiger partial charge in [0, 0.05) is 18.3 Å². The molecule has 3 nitrogen and oxygen atoms in total. The fourth-order valence-electron chi connectivity index (χ4n) is 1.82. The van der Waals surface area contributed by atoms with Crippen molar-refractivity contribution in [2.45, 2.75) is 45.7 Å². The van der Waals surface area contributed by atoms with Crippen LogP contribution >= 0.6 is 0 Å². The minimum absolute atomic E-state index is 0.684. The van der Waals surface area contributed by atoms with E-state index >= 15 is 0 Å². The average molecular weight is 207 g/mol. The van der Waals surface area contributed by atoms with Crippen molar-refractivity contribution in [1.82, 2.24) is 15.1 Å². The maximum absolute atomic E-state index is 4.41. The molecule has 1 fully saturated rings. The Morgan fingerprint density at radius 1 is 1.53 bits per heavy atom. The lowest BCUT2D eigenvalue weighted by Crippen LogP contribution is -2.19. The molecule has 0 unspecified atom stereocenters. The Morgan fingerprint density at radius 3 is 2.93 bits per heavy atom. The lowest BCUT2D eigenvalue weighted by molar-refractivity contribution is 0.289. The highest BCUT2D eigenvalue weighted by atomic mass is 15.3. The van der Waals surface area contributed by atoms with Crippen molar-refractivity contribution in [3.8, 4) is 0 Å². The summed E-state index contributed by atoms with van der Waals surface area (Å²) in [7, 11) is 0. The van der Waals surface area contributed by atoms with E-state index < -0.39 is 0 Å². The zero-order chi connectivity index (χ0) is 10.7. The van der Waals surface area contributed by atoms with Gasteiger partial charge in [0.15, 0.2) is 0 Å². The van der Waals surface area contributed by atoms with Crippen LogP contribution in [-0.2, 0) is 6.54 Å². The fraction of sp³-hybridized carbons (Fsp3) is 0.750. The molecular formula is C12H21N3. The summed E-state index contributed by atoms with van der Waals surface area (Å²) in [5, 5.41) is 7.85. The van der Waals surface area contributed by atoms with E-state index in [1.807, 2.05) is 6.20 Å². The molecular weight excluding hydrogens is 186 g/mol. The third kappa shape index (κ3) is 2.81. The van der Waals surface area contributed by atoms with Gasteiger partial charge in [0.25, 0.3) is 0 Å². The van der Waals surface area contributed by atoms with Gasteiger partial charge in [0.05, 0.1) is 12.2 Å². The van der Waals surface area contributed by atoms with E-state index in [1.54, 1.807) is 0 Å². The highest BCUT2D eigenvalue weighted by Gasteiger charge is 2.19. The van der Waals surface area contributed by atoms with Crippen molar-refractivity contribution in [3.63, 3.8) is 0 Å².